The summed E-state index contributed by atoms with van der Waals surface area (Å²) in [5.74, 6) is 1.68. The molecule has 1 aromatic rings. The lowest BCUT2D eigenvalue weighted by Gasteiger charge is -2.27. The van der Waals surface area contributed by atoms with Crippen molar-refractivity contribution in [3.8, 4) is 11.5 Å². The molecule has 0 atom stereocenters. The number of hydrogen-bond acceptors (Lipinski definition) is 4. The van der Waals surface area contributed by atoms with Gasteiger partial charge in [-0.1, -0.05) is 12.1 Å². The van der Waals surface area contributed by atoms with Gasteiger partial charge >= 0.3 is 0 Å². The summed E-state index contributed by atoms with van der Waals surface area (Å²) in [5, 5.41) is 3.35. The van der Waals surface area contributed by atoms with Gasteiger partial charge in [-0.15, -0.1) is 0 Å². The molecule has 0 saturated carbocycles. The van der Waals surface area contributed by atoms with Gasteiger partial charge in [-0.2, -0.15) is 0 Å². The summed E-state index contributed by atoms with van der Waals surface area (Å²) in [6.07, 6.45) is 0. The van der Waals surface area contributed by atoms with Gasteiger partial charge in [0.2, 0.25) is 0 Å². The molecule has 1 saturated heterocycles. The number of para-hydroxylation sites is 2. The first-order chi connectivity index (χ1) is 8.90. The third-order valence-electron chi connectivity index (χ3n) is 3.02. The highest BCUT2D eigenvalue weighted by Crippen LogP contribution is 2.26. The highest BCUT2D eigenvalue weighted by molar-refractivity contribution is 5.39. The average molecular weight is 250 g/mol. The maximum atomic E-state index is 5.81. The molecule has 0 radical (unpaired) electrons. The standard InChI is InChI=1S/C14H22N2O2/c1-2-17-13-5-3-4-6-14(13)18-12-11-16-9-7-15-8-10-16/h3-6,15H,2,7-12H2,1H3. The number of piperazine rings is 1. The van der Waals surface area contributed by atoms with Crippen LogP contribution in [0.3, 0.4) is 0 Å². The van der Waals surface area contributed by atoms with E-state index in [1.807, 2.05) is 31.2 Å². The Bertz CT molecular complexity index is 351. The van der Waals surface area contributed by atoms with Crippen molar-refractivity contribution in [3.05, 3.63) is 24.3 Å². The molecule has 0 aromatic heterocycles. The zero-order chi connectivity index (χ0) is 12.6. The first kappa shape index (κ1) is 13.2. The van der Waals surface area contributed by atoms with Crippen LogP contribution < -0.4 is 14.8 Å². The van der Waals surface area contributed by atoms with Crippen LogP contribution in [0, 0.1) is 0 Å². The zero-order valence-electron chi connectivity index (χ0n) is 11.0. The van der Waals surface area contributed by atoms with Crippen molar-refractivity contribution in [1.82, 2.24) is 10.2 Å². The summed E-state index contributed by atoms with van der Waals surface area (Å²) in [7, 11) is 0. The van der Waals surface area contributed by atoms with Gasteiger partial charge < -0.3 is 14.8 Å². The van der Waals surface area contributed by atoms with Gasteiger partial charge in [0.25, 0.3) is 0 Å². The van der Waals surface area contributed by atoms with Crippen LogP contribution in [-0.4, -0.2) is 50.8 Å². The van der Waals surface area contributed by atoms with Crippen molar-refractivity contribution in [3.63, 3.8) is 0 Å². The molecule has 2 rings (SSSR count). The second-order valence-corrected chi connectivity index (χ2v) is 4.32. The van der Waals surface area contributed by atoms with Gasteiger partial charge in [0.05, 0.1) is 6.61 Å². The summed E-state index contributed by atoms with van der Waals surface area (Å²) < 4.78 is 11.3. The van der Waals surface area contributed by atoms with Crippen molar-refractivity contribution in [2.45, 2.75) is 6.92 Å². The van der Waals surface area contributed by atoms with E-state index in [0.29, 0.717) is 13.2 Å². The fourth-order valence-corrected chi connectivity index (χ4v) is 2.06. The largest absolute Gasteiger partial charge is 0.490 e. The van der Waals surface area contributed by atoms with Crippen molar-refractivity contribution < 1.29 is 9.47 Å². The van der Waals surface area contributed by atoms with E-state index in [2.05, 4.69) is 10.2 Å². The number of ether oxygens (including phenoxy) is 2. The Morgan fingerprint density at radius 3 is 2.44 bits per heavy atom. The Morgan fingerprint density at radius 1 is 1.11 bits per heavy atom. The molecular formula is C14H22N2O2. The van der Waals surface area contributed by atoms with Crippen LogP contribution in [0.2, 0.25) is 0 Å². The predicted octanol–water partition coefficient (Wildman–Crippen LogP) is 1.37. The fourth-order valence-electron chi connectivity index (χ4n) is 2.06. The smallest absolute Gasteiger partial charge is 0.161 e. The Morgan fingerprint density at radius 2 is 1.78 bits per heavy atom. The first-order valence-corrected chi connectivity index (χ1v) is 6.68. The molecule has 1 N–H and O–H groups in total. The minimum atomic E-state index is 0.665. The quantitative estimate of drug-likeness (QED) is 0.827. The molecule has 18 heavy (non-hydrogen) atoms. The molecule has 100 valence electrons. The lowest BCUT2D eigenvalue weighted by Crippen LogP contribution is -2.44. The number of nitrogens with one attached hydrogen (secondary N) is 1. The molecule has 1 heterocycles. The van der Waals surface area contributed by atoms with E-state index < -0.39 is 0 Å². The monoisotopic (exact) mass is 250 g/mol. The molecule has 4 heteroatoms. The van der Waals surface area contributed by atoms with Gasteiger partial charge in [-0.05, 0) is 19.1 Å². The van der Waals surface area contributed by atoms with Crippen LogP contribution in [0.1, 0.15) is 6.92 Å². The highest BCUT2D eigenvalue weighted by atomic mass is 16.5. The van der Waals surface area contributed by atoms with E-state index in [1.165, 1.54) is 0 Å². The predicted molar refractivity (Wildman–Crippen MR) is 72.4 cm³/mol. The highest BCUT2D eigenvalue weighted by Gasteiger charge is 2.09. The summed E-state index contributed by atoms with van der Waals surface area (Å²) >= 11 is 0. The molecule has 1 aromatic carbocycles. The van der Waals surface area contributed by atoms with E-state index in [0.717, 1.165) is 44.2 Å². The molecule has 0 amide bonds. The van der Waals surface area contributed by atoms with Crippen molar-refractivity contribution in [2.24, 2.45) is 0 Å². The van der Waals surface area contributed by atoms with Crippen LogP contribution in [0.25, 0.3) is 0 Å². The second-order valence-electron chi connectivity index (χ2n) is 4.32. The number of rotatable bonds is 6. The summed E-state index contributed by atoms with van der Waals surface area (Å²) in [5.41, 5.74) is 0. The molecule has 0 spiro atoms. The second kappa shape index (κ2) is 7.24. The summed E-state index contributed by atoms with van der Waals surface area (Å²) in [6, 6.07) is 7.85. The van der Waals surface area contributed by atoms with Gasteiger partial charge in [0.1, 0.15) is 6.61 Å². The molecule has 0 bridgehead atoms. The van der Waals surface area contributed by atoms with E-state index in [-0.39, 0.29) is 0 Å². The maximum absolute atomic E-state index is 5.81. The van der Waals surface area contributed by atoms with Gasteiger partial charge in [0.15, 0.2) is 11.5 Å². The van der Waals surface area contributed by atoms with E-state index in [9.17, 15) is 0 Å². The lowest BCUT2D eigenvalue weighted by molar-refractivity contribution is 0.187. The van der Waals surface area contributed by atoms with Crippen LogP contribution in [0.5, 0.6) is 11.5 Å². The fraction of sp³-hybridized carbons (Fsp3) is 0.571. The minimum Gasteiger partial charge on any atom is -0.490 e. The number of hydrogen-bond donors (Lipinski definition) is 1. The van der Waals surface area contributed by atoms with Crippen LogP contribution in [0.4, 0.5) is 0 Å². The van der Waals surface area contributed by atoms with Crippen molar-refractivity contribution in [2.75, 3.05) is 45.9 Å². The maximum Gasteiger partial charge on any atom is 0.161 e. The SMILES string of the molecule is CCOc1ccccc1OCCN1CCNCC1. The number of nitrogens with zero attached hydrogens (tertiary/aromatic N) is 1. The third kappa shape index (κ3) is 3.89. The molecule has 0 aliphatic carbocycles. The number of benzene rings is 1. The van der Waals surface area contributed by atoms with Gasteiger partial charge in [-0.3, -0.25) is 4.90 Å². The lowest BCUT2D eigenvalue weighted by atomic mass is 10.3. The van der Waals surface area contributed by atoms with Gasteiger partial charge in [-0.25, -0.2) is 0 Å². The Hall–Kier alpha value is -1.26. The van der Waals surface area contributed by atoms with Crippen molar-refractivity contribution >= 4 is 0 Å². The molecule has 1 fully saturated rings. The summed E-state index contributed by atoms with van der Waals surface area (Å²) in [4.78, 5) is 2.42. The zero-order valence-corrected chi connectivity index (χ0v) is 11.0. The van der Waals surface area contributed by atoms with Crippen LogP contribution >= 0.6 is 0 Å². The van der Waals surface area contributed by atoms with Crippen LogP contribution in [0.15, 0.2) is 24.3 Å². The van der Waals surface area contributed by atoms with E-state index in [1.54, 1.807) is 0 Å². The first-order valence-electron chi connectivity index (χ1n) is 6.68. The summed E-state index contributed by atoms with van der Waals surface area (Å²) in [6.45, 7) is 8.71. The van der Waals surface area contributed by atoms with Crippen LogP contribution in [-0.2, 0) is 0 Å². The molecular weight excluding hydrogens is 228 g/mol. The third-order valence-corrected chi connectivity index (χ3v) is 3.02. The average Bonchev–Trinajstić information content (AvgIpc) is 2.42. The Labute approximate surface area is 109 Å². The topological polar surface area (TPSA) is 33.7 Å². The Balaban J connectivity index is 1.78. The molecule has 1 aliphatic heterocycles. The van der Waals surface area contributed by atoms with Crippen molar-refractivity contribution in [1.29, 1.82) is 0 Å². The molecule has 1 aliphatic rings. The molecule has 0 unspecified atom stereocenters. The Kier molecular flexibility index (Phi) is 5.30. The minimum absolute atomic E-state index is 0.665. The van der Waals surface area contributed by atoms with E-state index >= 15 is 0 Å². The molecule has 4 nitrogen and oxygen atoms in total. The van der Waals surface area contributed by atoms with E-state index in [4.69, 9.17) is 9.47 Å². The normalized spacial score (nSPS) is 16.5. The van der Waals surface area contributed by atoms with Gasteiger partial charge in [0, 0.05) is 32.7 Å².